The van der Waals surface area contributed by atoms with Crippen LogP contribution < -0.4 is 5.32 Å². The Morgan fingerprint density at radius 1 is 1.50 bits per heavy atom. The van der Waals surface area contributed by atoms with Crippen molar-refractivity contribution in [3.8, 4) is 0 Å². The fraction of sp³-hybridized carbons (Fsp3) is 0.400. The van der Waals surface area contributed by atoms with Gasteiger partial charge in [0.15, 0.2) is 0 Å². The molecule has 0 aliphatic rings. The van der Waals surface area contributed by atoms with Crippen LogP contribution in [0.25, 0.3) is 0 Å². The molecule has 1 heterocycles. The molecule has 6 nitrogen and oxygen atoms in total. The largest absolute Gasteiger partial charge is 0.478 e. The fourth-order valence-electron chi connectivity index (χ4n) is 1.38. The number of hydrogen-bond donors (Lipinski definition) is 3. The molecule has 0 aliphatic heterocycles. The van der Waals surface area contributed by atoms with E-state index in [4.69, 9.17) is 5.11 Å². The highest BCUT2D eigenvalue weighted by Crippen LogP contribution is 2.18. The van der Waals surface area contributed by atoms with Crippen molar-refractivity contribution in [2.24, 2.45) is 0 Å². The molecule has 0 aliphatic carbocycles. The molecule has 0 saturated heterocycles. The second-order valence-electron chi connectivity index (χ2n) is 3.79. The summed E-state index contributed by atoms with van der Waals surface area (Å²) in [5, 5.41) is 11.5. The van der Waals surface area contributed by atoms with Crippen LogP contribution in [0.2, 0.25) is 0 Å². The average Bonchev–Trinajstić information content (AvgIpc) is 2.45. The van der Waals surface area contributed by atoms with E-state index in [1.807, 2.05) is 0 Å². The molecule has 88 valence electrons. The van der Waals surface area contributed by atoms with Crippen LogP contribution in [-0.4, -0.2) is 47.5 Å². The monoisotopic (exact) mass is 225 g/mol. The van der Waals surface area contributed by atoms with Gasteiger partial charge in [-0.25, -0.2) is 4.79 Å². The first-order chi connectivity index (χ1) is 7.41. The third-order valence-corrected chi connectivity index (χ3v) is 2.03. The number of hydrogen-bond acceptors (Lipinski definition) is 3. The van der Waals surface area contributed by atoms with Gasteiger partial charge in [0, 0.05) is 11.9 Å². The van der Waals surface area contributed by atoms with Gasteiger partial charge in [-0.2, -0.15) is 0 Å². The lowest BCUT2D eigenvalue weighted by molar-refractivity contribution is -0.116. The number of anilines is 1. The Morgan fingerprint density at radius 3 is 2.62 bits per heavy atom. The van der Waals surface area contributed by atoms with E-state index in [1.54, 1.807) is 25.9 Å². The molecule has 1 amide bonds. The van der Waals surface area contributed by atoms with E-state index < -0.39 is 5.97 Å². The van der Waals surface area contributed by atoms with Crippen LogP contribution >= 0.6 is 0 Å². The number of amides is 1. The zero-order chi connectivity index (χ0) is 12.3. The second-order valence-corrected chi connectivity index (χ2v) is 3.79. The third-order valence-electron chi connectivity index (χ3n) is 2.03. The Hall–Kier alpha value is -1.82. The lowest BCUT2D eigenvalue weighted by Gasteiger charge is -2.09. The number of H-pyrrole nitrogens is 1. The lowest BCUT2D eigenvalue weighted by atomic mass is 10.2. The molecule has 3 N–H and O–H groups in total. The van der Waals surface area contributed by atoms with Crippen LogP contribution in [0.4, 0.5) is 5.69 Å². The van der Waals surface area contributed by atoms with Crippen LogP contribution in [0.5, 0.6) is 0 Å². The molecule has 6 heteroatoms. The zero-order valence-electron chi connectivity index (χ0n) is 9.50. The number of aromatic amines is 1. The predicted octanol–water partition coefficient (Wildman–Crippen LogP) is 0.521. The van der Waals surface area contributed by atoms with Crippen molar-refractivity contribution < 1.29 is 14.7 Å². The number of likely N-dealkylation sites (N-methyl/N-ethyl adjacent to an activating group) is 1. The van der Waals surface area contributed by atoms with Gasteiger partial charge in [-0.3, -0.25) is 4.79 Å². The fourth-order valence-corrected chi connectivity index (χ4v) is 1.38. The number of carboxylic acid groups (broad SMARTS) is 1. The number of carbonyl (C=O) groups excluding carboxylic acids is 1. The Bertz CT molecular complexity index is 409. The van der Waals surface area contributed by atoms with Gasteiger partial charge < -0.3 is 20.3 Å². The van der Waals surface area contributed by atoms with E-state index >= 15 is 0 Å². The summed E-state index contributed by atoms with van der Waals surface area (Å²) in [4.78, 5) is 26.8. The minimum atomic E-state index is -1.06. The summed E-state index contributed by atoms with van der Waals surface area (Å²) in [7, 11) is 3.53. The van der Waals surface area contributed by atoms with Crippen molar-refractivity contribution in [1.82, 2.24) is 9.88 Å². The average molecular weight is 225 g/mol. The molecule has 0 atom stereocenters. The molecule has 0 radical (unpaired) electrons. The Morgan fingerprint density at radius 2 is 2.12 bits per heavy atom. The van der Waals surface area contributed by atoms with Gasteiger partial charge in [-0.15, -0.1) is 0 Å². The number of aryl methyl sites for hydroxylation is 1. The summed E-state index contributed by atoms with van der Waals surface area (Å²) in [5.74, 6) is -1.30. The highest BCUT2D eigenvalue weighted by molar-refractivity contribution is 6.01. The Kier molecular flexibility index (Phi) is 3.68. The lowest BCUT2D eigenvalue weighted by Crippen LogP contribution is -2.27. The Balaban J connectivity index is 2.82. The van der Waals surface area contributed by atoms with Gasteiger partial charge in [-0.1, -0.05) is 0 Å². The first kappa shape index (κ1) is 12.3. The second kappa shape index (κ2) is 4.80. The molecule has 1 aromatic heterocycles. The number of aromatic carboxylic acids is 1. The number of nitrogens with zero attached hydrogens (tertiary/aromatic N) is 1. The standard InChI is InChI=1S/C10H15N3O3/c1-6-9(10(15)16)7(4-11-6)12-8(14)5-13(2)3/h4,11H,5H2,1-3H3,(H,12,14)(H,15,16). The predicted molar refractivity (Wildman–Crippen MR) is 59.7 cm³/mol. The van der Waals surface area contributed by atoms with Gasteiger partial charge in [0.05, 0.1) is 12.2 Å². The molecular weight excluding hydrogens is 210 g/mol. The quantitative estimate of drug-likeness (QED) is 0.697. The van der Waals surface area contributed by atoms with Crippen LogP contribution in [-0.2, 0) is 4.79 Å². The van der Waals surface area contributed by atoms with Crippen LogP contribution in [0.1, 0.15) is 16.1 Å². The van der Waals surface area contributed by atoms with Crippen LogP contribution in [0.15, 0.2) is 6.20 Å². The summed E-state index contributed by atoms with van der Waals surface area (Å²) in [6, 6.07) is 0. The summed E-state index contributed by atoms with van der Waals surface area (Å²) in [5.41, 5.74) is 0.927. The van der Waals surface area contributed by atoms with Crippen molar-refractivity contribution >= 4 is 17.6 Å². The molecule has 0 fully saturated rings. The maximum absolute atomic E-state index is 11.4. The molecule has 1 rings (SSSR count). The maximum Gasteiger partial charge on any atom is 0.339 e. The van der Waals surface area contributed by atoms with Gasteiger partial charge in [-0.05, 0) is 21.0 Å². The number of aromatic nitrogens is 1. The smallest absolute Gasteiger partial charge is 0.339 e. The molecule has 0 spiro atoms. The van der Waals surface area contributed by atoms with Crippen molar-refractivity contribution in [2.75, 3.05) is 26.0 Å². The molecule has 0 aromatic carbocycles. The van der Waals surface area contributed by atoms with Gasteiger partial charge >= 0.3 is 5.97 Å². The van der Waals surface area contributed by atoms with E-state index in [2.05, 4.69) is 10.3 Å². The minimum Gasteiger partial charge on any atom is -0.478 e. The SMILES string of the molecule is Cc1[nH]cc(NC(=O)CN(C)C)c1C(=O)O. The normalized spacial score (nSPS) is 10.5. The summed E-state index contributed by atoms with van der Waals surface area (Å²) in [6.07, 6.45) is 1.48. The van der Waals surface area contributed by atoms with E-state index in [1.165, 1.54) is 6.20 Å². The number of nitrogens with one attached hydrogen (secondary N) is 2. The van der Waals surface area contributed by atoms with E-state index in [0.29, 0.717) is 11.4 Å². The molecule has 0 saturated carbocycles. The number of rotatable bonds is 4. The van der Waals surface area contributed by atoms with E-state index in [0.717, 1.165) is 0 Å². The first-order valence-electron chi connectivity index (χ1n) is 4.77. The van der Waals surface area contributed by atoms with Crippen LogP contribution in [0, 0.1) is 6.92 Å². The third kappa shape index (κ3) is 2.83. The number of carboxylic acids is 1. The van der Waals surface area contributed by atoms with Crippen molar-refractivity contribution in [3.05, 3.63) is 17.5 Å². The maximum atomic E-state index is 11.4. The molecule has 16 heavy (non-hydrogen) atoms. The molecule has 0 unspecified atom stereocenters. The van der Waals surface area contributed by atoms with Crippen molar-refractivity contribution in [3.63, 3.8) is 0 Å². The van der Waals surface area contributed by atoms with Crippen LogP contribution in [0.3, 0.4) is 0 Å². The highest BCUT2D eigenvalue weighted by atomic mass is 16.4. The van der Waals surface area contributed by atoms with E-state index in [-0.39, 0.29) is 18.0 Å². The van der Waals surface area contributed by atoms with E-state index in [9.17, 15) is 9.59 Å². The summed E-state index contributed by atoms with van der Waals surface area (Å²) < 4.78 is 0. The molecule has 0 bridgehead atoms. The van der Waals surface area contributed by atoms with Gasteiger partial charge in [0.25, 0.3) is 0 Å². The zero-order valence-corrected chi connectivity index (χ0v) is 9.50. The minimum absolute atomic E-state index is 0.104. The molecular formula is C10H15N3O3. The first-order valence-corrected chi connectivity index (χ1v) is 4.77. The number of carbonyl (C=O) groups is 2. The summed E-state index contributed by atoms with van der Waals surface area (Å²) in [6.45, 7) is 1.86. The van der Waals surface area contributed by atoms with Crippen molar-refractivity contribution in [1.29, 1.82) is 0 Å². The van der Waals surface area contributed by atoms with Gasteiger partial charge in [0.1, 0.15) is 5.56 Å². The summed E-state index contributed by atoms with van der Waals surface area (Å²) >= 11 is 0. The van der Waals surface area contributed by atoms with Crippen molar-refractivity contribution in [2.45, 2.75) is 6.92 Å². The van der Waals surface area contributed by atoms with Gasteiger partial charge in [0.2, 0.25) is 5.91 Å². The highest BCUT2D eigenvalue weighted by Gasteiger charge is 2.16. The Labute approximate surface area is 93.3 Å². The molecule has 1 aromatic rings. The topological polar surface area (TPSA) is 85.4 Å².